The number of aromatic nitrogens is 1. The molecule has 3 nitrogen and oxygen atoms in total. The lowest BCUT2D eigenvalue weighted by atomic mass is 9.98. The first-order valence-electron chi connectivity index (χ1n) is 7.05. The third kappa shape index (κ3) is 2.95. The molecule has 0 fully saturated rings. The molecular formula is C18H12F3NO2. The second-order valence-electron chi connectivity index (χ2n) is 5.17. The topological polar surface area (TPSA) is 39.2 Å². The van der Waals surface area contributed by atoms with Crippen LogP contribution in [-0.2, 0) is 10.9 Å². The number of benzene rings is 2. The van der Waals surface area contributed by atoms with Crippen molar-refractivity contribution >= 4 is 16.9 Å². The number of hydrogen-bond donors (Lipinski definition) is 0. The monoisotopic (exact) mass is 331 g/mol. The van der Waals surface area contributed by atoms with Crippen molar-refractivity contribution in [1.29, 1.82) is 0 Å². The number of ether oxygens (including phenoxy) is 1. The van der Waals surface area contributed by atoms with Crippen molar-refractivity contribution in [2.75, 3.05) is 7.11 Å². The van der Waals surface area contributed by atoms with E-state index in [9.17, 15) is 18.0 Å². The van der Waals surface area contributed by atoms with Gasteiger partial charge in [0.2, 0.25) is 0 Å². The molecule has 0 unspecified atom stereocenters. The highest BCUT2D eigenvalue weighted by molar-refractivity contribution is 5.98. The van der Waals surface area contributed by atoms with E-state index in [-0.39, 0.29) is 0 Å². The number of carbonyl (C=O) groups is 1. The number of carbonyl (C=O) groups excluding carboxylic acids is 1. The third-order valence-corrected chi connectivity index (χ3v) is 3.65. The first-order valence-corrected chi connectivity index (χ1v) is 7.05. The lowest BCUT2D eigenvalue weighted by Gasteiger charge is -2.10. The molecule has 0 amide bonds. The molecule has 1 aromatic heterocycles. The summed E-state index contributed by atoms with van der Waals surface area (Å²) in [5.41, 5.74) is 1.18. The largest absolute Gasteiger partial charge is 0.465 e. The van der Waals surface area contributed by atoms with Crippen molar-refractivity contribution in [2.24, 2.45) is 0 Å². The zero-order valence-electron chi connectivity index (χ0n) is 12.6. The molecule has 0 saturated carbocycles. The Morgan fingerprint density at radius 2 is 1.83 bits per heavy atom. The van der Waals surface area contributed by atoms with Gasteiger partial charge in [0.25, 0.3) is 0 Å². The lowest BCUT2D eigenvalue weighted by molar-refractivity contribution is -0.137. The van der Waals surface area contributed by atoms with Gasteiger partial charge in [-0.2, -0.15) is 13.2 Å². The Morgan fingerprint density at radius 3 is 2.54 bits per heavy atom. The predicted molar refractivity (Wildman–Crippen MR) is 83.5 cm³/mol. The van der Waals surface area contributed by atoms with Gasteiger partial charge in [-0.05, 0) is 35.4 Å². The molecule has 0 radical (unpaired) electrons. The fourth-order valence-corrected chi connectivity index (χ4v) is 2.48. The molecule has 0 N–H and O–H groups in total. The predicted octanol–water partition coefficient (Wildman–Crippen LogP) is 4.71. The van der Waals surface area contributed by atoms with Crippen LogP contribution in [0.5, 0.6) is 0 Å². The van der Waals surface area contributed by atoms with Crippen LogP contribution in [0.15, 0.2) is 54.7 Å². The highest BCUT2D eigenvalue weighted by Crippen LogP contribution is 2.32. The van der Waals surface area contributed by atoms with E-state index < -0.39 is 17.7 Å². The Balaban J connectivity index is 2.16. The molecule has 0 aliphatic heterocycles. The number of fused-ring (bicyclic) bond motifs is 1. The maximum atomic E-state index is 12.9. The quantitative estimate of drug-likeness (QED) is 0.639. The van der Waals surface area contributed by atoms with Gasteiger partial charge in [0.1, 0.15) is 0 Å². The van der Waals surface area contributed by atoms with Gasteiger partial charge < -0.3 is 4.74 Å². The molecule has 122 valence electrons. The van der Waals surface area contributed by atoms with Crippen LogP contribution < -0.4 is 0 Å². The van der Waals surface area contributed by atoms with Crippen LogP contribution in [0.2, 0.25) is 0 Å². The maximum Gasteiger partial charge on any atom is 0.417 e. The summed E-state index contributed by atoms with van der Waals surface area (Å²) in [5.74, 6) is -0.507. The SMILES string of the molecule is COC(=O)c1ccccc1-c1ccc2ncc(C(F)(F)F)cc2c1. The van der Waals surface area contributed by atoms with E-state index in [0.717, 1.165) is 12.3 Å². The fraction of sp³-hybridized carbons (Fsp3) is 0.111. The molecule has 0 aliphatic rings. The summed E-state index contributed by atoms with van der Waals surface area (Å²) in [4.78, 5) is 15.7. The smallest absolute Gasteiger partial charge is 0.417 e. The summed E-state index contributed by atoms with van der Waals surface area (Å²) >= 11 is 0. The summed E-state index contributed by atoms with van der Waals surface area (Å²) in [6.07, 6.45) is -3.65. The molecule has 0 aliphatic carbocycles. The van der Waals surface area contributed by atoms with Gasteiger partial charge in [-0.3, -0.25) is 4.98 Å². The first-order chi connectivity index (χ1) is 11.4. The molecule has 2 aromatic carbocycles. The van der Waals surface area contributed by atoms with Crippen LogP contribution in [0.3, 0.4) is 0 Å². The van der Waals surface area contributed by atoms with Gasteiger partial charge in [-0.25, -0.2) is 4.79 Å². The summed E-state index contributed by atoms with van der Waals surface area (Å²) in [7, 11) is 1.28. The number of esters is 1. The van der Waals surface area contributed by atoms with Crippen LogP contribution in [-0.4, -0.2) is 18.1 Å². The summed E-state index contributed by atoms with van der Waals surface area (Å²) in [6, 6.07) is 12.7. The lowest BCUT2D eigenvalue weighted by Crippen LogP contribution is -2.05. The minimum atomic E-state index is -4.46. The van der Waals surface area contributed by atoms with Crippen LogP contribution in [0, 0.1) is 0 Å². The molecule has 6 heteroatoms. The Kier molecular flexibility index (Phi) is 3.97. The summed E-state index contributed by atoms with van der Waals surface area (Å²) in [5, 5.41) is 0.349. The van der Waals surface area contributed by atoms with E-state index >= 15 is 0 Å². The van der Waals surface area contributed by atoms with Gasteiger partial charge in [-0.1, -0.05) is 24.3 Å². The Labute approximate surface area is 135 Å². The average molecular weight is 331 g/mol. The molecule has 0 atom stereocenters. The number of halogens is 3. The zero-order chi connectivity index (χ0) is 17.3. The molecule has 3 aromatic rings. The van der Waals surface area contributed by atoms with Crippen LogP contribution in [0.4, 0.5) is 13.2 Å². The number of methoxy groups -OCH3 is 1. The van der Waals surface area contributed by atoms with E-state index in [4.69, 9.17) is 4.74 Å². The van der Waals surface area contributed by atoms with E-state index in [0.29, 0.717) is 27.6 Å². The number of nitrogens with zero attached hydrogens (tertiary/aromatic N) is 1. The number of pyridine rings is 1. The maximum absolute atomic E-state index is 12.9. The Hall–Kier alpha value is -2.89. The highest BCUT2D eigenvalue weighted by atomic mass is 19.4. The van der Waals surface area contributed by atoms with Crippen molar-refractivity contribution in [1.82, 2.24) is 4.98 Å². The van der Waals surface area contributed by atoms with Crippen molar-refractivity contribution in [2.45, 2.75) is 6.18 Å². The van der Waals surface area contributed by atoms with Crippen molar-refractivity contribution < 1.29 is 22.7 Å². The Bertz CT molecular complexity index is 920. The molecular weight excluding hydrogens is 319 g/mol. The van der Waals surface area contributed by atoms with Crippen molar-refractivity contribution in [3.63, 3.8) is 0 Å². The van der Waals surface area contributed by atoms with E-state index in [1.165, 1.54) is 7.11 Å². The van der Waals surface area contributed by atoms with Gasteiger partial charge in [0.05, 0.1) is 23.8 Å². The second kappa shape index (κ2) is 5.96. The van der Waals surface area contributed by atoms with Crippen LogP contribution in [0.1, 0.15) is 15.9 Å². The number of alkyl halides is 3. The Morgan fingerprint density at radius 1 is 1.08 bits per heavy atom. The van der Waals surface area contributed by atoms with Crippen LogP contribution >= 0.6 is 0 Å². The first kappa shape index (κ1) is 16.0. The average Bonchev–Trinajstić information content (AvgIpc) is 2.59. The number of rotatable bonds is 2. The summed E-state index contributed by atoms with van der Waals surface area (Å²) in [6.45, 7) is 0. The normalized spacial score (nSPS) is 11.5. The van der Waals surface area contributed by atoms with Crippen molar-refractivity contribution in [3.05, 3.63) is 65.9 Å². The third-order valence-electron chi connectivity index (χ3n) is 3.65. The zero-order valence-corrected chi connectivity index (χ0v) is 12.6. The molecule has 1 heterocycles. The number of hydrogen-bond acceptors (Lipinski definition) is 3. The molecule has 24 heavy (non-hydrogen) atoms. The standard InChI is InChI=1S/C18H12F3NO2/c1-24-17(23)15-5-3-2-4-14(15)11-6-7-16-12(8-11)9-13(10-22-16)18(19,20)21/h2-10H,1H3. The fourth-order valence-electron chi connectivity index (χ4n) is 2.48. The molecule has 0 bridgehead atoms. The van der Waals surface area contributed by atoms with Gasteiger partial charge in [0, 0.05) is 11.6 Å². The molecule has 3 rings (SSSR count). The van der Waals surface area contributed by atoms with Gasteiger partial charge in [0.15, 0.2) is 0 Å². The van der Waals surface area contributed by atoms with E-state index in [1.807, 2.05) is 0 Å². The van der Waals surface area contributed by atoms with E-state index in [2.05, 4.69) is 4.98 Å². The molecule has 0 spiro atoms. The van der Waals surface area contributed by atoms with Gasteiger partial charge in [-0.15, -0.1) is 0 Å². The van der Waals surface area contributed by atoms with E-state index in [1.54, 1.807) is 42.5 Å². The minimum Gasteiger partial charge on any atom is -0.465 e. The molecule has 0 saturated heterocycles. The highest BCUT2D eigenvalue weighted by Gasteiger charge is 2.31. The summed E-state index contributed by atoms with van der Waals surface area (Å²) < 4.78 is 43.3. The van der Waals surface area contributed by atoms with Crippen LogP contribution in [0.25, 0.3) is 22.0 Å². The minimum absolute atomic E-state index is 0.347. The van der Waals surface area contributed by atoms with Gasteiger partial charge >= 0.3 is 12.1 Å². The second-order valence-corrected chi connectivity index (χ2v) is 5.17. The van der Waals surface area contributed by atoms with Crippen molar-refractivity contribution in [3.8, 4) is 11.1 Å².